The molecular weight excluding hydrogens is 313 g/mol. The van der Waals surface area contributed by atoms with Crippen LogP contribution in [0.1, 0.15) is 29.3 Å². The van der Waals surface area contributed by atoms with Crippen molar-refractivity contribution < 1.29 is 0 Å². The van der Waals surface area contributed by atoms with Gasteiger partial charge in [-0.15, -0.1) is 11.3 Å². The fourth-order valence-electron chi connectivity index (χ4n) is 2.71. The van der Waals surface area contributed by atoms with Crippen LogP contribution in [0.2, 0.25) is 10.0 Å². The Balaban J connectivity index is 1.79. The van der Waals surface area contributed by atoms with E-state index >= 15 is 0 Å². The molecule has 0 amide bonds. The molecule has 2 N–H and O–H groups in total. The maximum absolute atomic E-state index is 6.13. The van der Waals surface area contributed by atoms with Crippen LogP contribution in [0.25, 0.3) is 0 Å². The molecule has 1 unspecified atom stereocenters. The minimum Gasteiger partial charge on any atom is -0.375 e. The van der Waals surface area contributed by atoms with Gasteiger partial charge in [0.25, 0.3) is 0 Å². The molecule has 2 aromatic rings. The van der Waals surface area contributed by atoms with E-state index in [1.807, 2.05) is 18.3 Å². The van der Waals surface area contributed by atoms with Gasteiger partial charge in [0.05, 0.1) is 10.0 Å². The van der Waals surface area contributed by atoms with E-state index in [2.05, 4.69) is 16.0 Å². The summed E-state index contributed by atoms with van der Waals surface area (Å²) in [5, 5.41) is 1.86. The van der Waals surface area contributed by atoms with Crippen LogP contribution >= 0.6 is 34.5 Å². The van der Waals surface area contributed by atoms with Crippen LogP contribution in [-0.2, 0) is 6.54 Å². The molecule has 1 atom stereocenters. The summed E-state index contributed by atoms with van der Waals surface area (Å²) in [6.45, 7) is 1.97. The summed E-state index contributed by atoms with van der Waals surface area (Å²) in [6.07, 6.45) is 4.20. The number of likely N-dealkylation sites (tertiary alicyclic amines) is 1. The molecule has 0 spiro atoms. The maximum atomic E-state index is 6.13. The second-order valence-electron chi connectivity index (χ2n) is 4.97. The molecule has 1 aliphatic heterocycles. The Labute approximate surface area is 132 Å². The van der Waals surface area contributed by atoms with E-state index in [9.17, 15) is 0 Å². The summed E-state index contributed by atoms with van der Waals surface area (Å²) in [7, 11) is 0. The van der Waals surface area contributed by atoms with Crippen molar-refractivity contribution in [3.05, 3.63) is 44.9 Å². The molecule has 0 saturated carbocycles. The number of hydrogen-bond acceptors (Lipinski definition) is 4. The largest absolute Gasteiger partial charge is 0.375 e. The first kappa shape index (κ1) is 14.1. The third-order valence-electron chi connectivity index (χ3n) is 3.62. The van der Waals surface area contributed by atoms with E-state index < -0.39 is 0 Å². The number of nitrogens with zero attached hydrogens (tertiary/aromatic N) is 2. The molecule has 1 aliphatic rings. The quantitative estimate of drug-likeness (QED) is 0.910. The molecule has 0 radical (unpaired) electrons. The van der Waals surface area contributed by atoms with E-state index in [1.54, 1.807) is 11.3 Å². The van der Waals surface area contributed by atoms with Gasteiger partial charge >= 0.3 is 0 Å². The Kier molecular flexibility index (Phi) is 4.17. The Morgan fingerprint density at radius 2 is 2.20 bits per heavy atom. The van der Waals surface area contributed by atoms with Crippen molar-refractivity contribution in [3.63, 3.8) is 0 Å². The zero-order valence-corrected chi connectivity index (χ0v) is 13.2. The molecule has 0 aliphatic carbocycles. The summed E-state index contributed by atoms with van der Waals surface area (Å²) in [5.41, 5.74) is 6.92. The third-order valence-corrected chi connectivity index (χ3v) is 5.17. The topological polar surface area (TPSA) is 42.1 Å². The second kappa shape index (κ2) is 5.90. The molecule has 1 aromatic carbocycles. The monoisotopic (exact) mass is 327 g/mol. The van der Waals surface area contributed by atoms with E-state index in [1.165, 1.54) is 16.9 Å². The van der Waals surface area contributed by atoms with Gasteiger partial charge in [0, 0.05) is 23.7 Å². The van der Waals surface area contributed by atoms with Crippen LogP contribution in [0.5, 0.6) is 0 Å². The molecule has 0 bridgehead atoms. The molecule has 6 heteroatoms. The number of nitrogens with two attached hydrogens (primary N) is 1. The molecule has 20 heavy (non-hydrogen) atoms. The molecule has 1 fully saturated rings. The van der Waals surface area contributed by atoms with Crippen LogP contribution in [0, 0.1) is 0 Å². The van der Waals surface area contributed by atoms with Crippen molar-refractivity contribution >= 4 is 39.7 Å². The summed E-state index contributed by atoms with van der Waals surface area (Å²) in [6, 6.07) is 6.32. The lowest BCUT2D eigenvalue weighted by Crippen LogP contribution is -2.22. The minimum absolute atomic E-state index is 0.396. The number of halogens is 2. The number of nitrogen functional groups attached to an aromatic ring is 1. The summed E-state index contributed by atoms with van der Waals surface area (Å²) in [4.78, 5) is 7.77. The Morgan fingerprint density at radius 1 is 1.35 bits per heavy atom. The van der Waals surface area contributed by atoms with Crippen LogP contribution in [0.15, 0.2) is 24.4 Å². The predicted molar refractivity (Wildman–Crippen MR) is 85.4 cm³/mol. The third kappa shape index (κ3) is 2.93. The van der Waals surface area contributed by atoms with Gasteiger partial charge in [0.1, 0.15) is 0 Å². The summed E-state index contributed by atoms with van der Waals surface area (Å²) >= 11 is 13.7. The minimum atomic E-state index is 0.396. The van der Waals surface area contributed by atoms with Gasteiger partial charge < -0.3 is 5.73 Å². The van der Waals surface area contributed by atoms with Gasteiger partial charge in [0.15, 0.2) is 5.13 Å². The fraction of sp³-hybridized carbons (Fsp3) is 0.357. The highest BCUT2D eigenvalue weighted by Gasteiger charge is 2.26. The molecule has 3 nitrogen and oxygen atoms in total. The SMILES string of the molecule is Nc1ncc(CN2CCCC2c2ccc(Cl)c(Cl)c2)s1. The lowest BCUT2D eigenvalue weighted by atomic mass is 10.0. The zero-order chi connectivity index (χ0) is 14.1. The normalized spacial score (nSPS) is 19.6. The number of aromatic nitrogens is 1. The van der Waals surface area contributed by atoms with Crippen molar-refractivity contribution in [1.29, 1.82) is 0 Å². The molecular formula is C14H15Cl2N3S. The van der Waals surface area contributed by atoms with E-state index in [0.29, 0.717) is 21.2 Å². The van der Waals surface area contributed by atoms with E-state index in [4.69, 9.17) is 28.9 Å². The molecule has 1 saturated heterocycles. The number of benzene rings is 1. The number of rotatable bonds is 3. The number of anilines is 1. The summed E-state index contributed by atoms with van der Waals surface area (Å²) in [5.74, 6) is 0. The maximum Gasteiger partial charge on any atom is 0.180 e. The first-order valence-corrected chi connectivity index (χ1v) is 8.10. The van der Waals surface area contributed by atoms with Gasteiger partial charge in [-0.1, -0.05) is 29.3 Å². The molecule has 3 rings (SSSR count). The van der Waals surface area contributed by atoms with Gasteiger partial charge in [-0.05, 0) is 37.1 Å². The van der Waals surface area contributed by atoms with Crippen molar-refractivity contribution in [2.75, 3.05) is 12.3 Å². The first-order valence-electron chi connectivity index (χ1n) is 6.52. The van der Waals surface area contributed by atoms with Crippen molar-refractivity contribution in [3.8, 4) is 0 Å². The molecule has 1 aromatic heterocycles. The lowest BCUT2D eigenvalue weighted by molar-refractivity contribution is 0.250. The van der Waals surface area contributed by atoms with Crippen molar-refractivity contribution in [2.24, 2.45) is 0 Å². The fourth-order valence-corrected chi connectivity index (χ4v) is 3.72. The smallest absolute Gasteiger partial charge is 0.180 e. The Bertz CT molecular complexity index is 614. The van der Waals surface area contributed by atoms with E-state index in [0.717, 1.165) is 19.5 Å². The number of hydrogen-bond donors (Lipinski definition) is 1. The van der Waals surface area contributed by atoms with Crippen molar-refractivity contribution in [1.82, 2.24) is 9.88 Å². The van der Waals surface area contributed by atoms with Crippen LogP contribution in [0.3, 0.4) is 0 Å². The average molecular weight is 328 g/mol. The Hall–Kier alpha value is -0.810. The Morgan fingerprint density at radius 3 is 2.90 bits per heavy atom. The van der Waals surface area contributed by atoms with Gasteiger partial charge in [-0.3, -0.25) is 4.90 Å². The molecule has 2 heterocycles. The van der Waals surface area contributed by atoms with Crippen LogP contribution in [-0.4, -0.2) is 16.4 Å². The van der Waals surface area contributed by atoms with E-state index in [-0.39, 0.29) is 0 Å². The second-order valence-corrected chi connectivity index (χ2v) is 6.93. The summed E-state index contributed by atoms with van der Waals surface area (Å²) < 4.78 is 0. The zero-order valence-electron chi connectivity index (χ0n) is 10.9. The van der Waals surface area contributed by atoms with Crippen molar-refractivity contribution in [2.45, 2.75) is 25.4 Å². The predicted octanol–water partition coefficient (Wildman–Crippen LogP) is 4.37. The standard InChI is InChI=1S/C14H15Cl2N3S/c15-11-4-3-9(6-12(11)16)13-2-1-5-19(13)8-10-7-18-14(17)20-10/h3-4,6-7,13H,1-2,5,8H2,(H2,17,18). The average Bonchev–Trinajstić information content (AvgIpc) is 3.03. The van der Waals surface area contributed by atoms with Gasteiger partial charge in [-0.25, -0.2) is 4.98 Å². The highest BCUT2D eigenvalue weighted by Crippen LogP contribution is 2.36. The number of thiazole rings is 1. The van der Waals surface area contributed by atoms with Crippen LogP contribution < -0.4 is 5.73 Å². The highest BCUT2D eigenvalue weighted by molar-refractivity contribution is 7.15. The van der Waals surface area contributed by atoms with Crippen LogP contribution in [0.4, 0.5) is 5.13 Å². The van der Waals surface area contributed by atoms with Gasteiger partial charge in [0.2, 0.25) is 0 Å². The first-order chi connectivity index (χ1) is 9.63. The van der Waals surface area contributed by atoms with Gasteiger partial charge in [-0.2, -0.15) is 0 Å². The molecule has 106 valence electrons. The lowest BCUT2D eigenvalue weighted by Gasteiger charge is -2.24. The highest BCUT2D eigenvalue weighted by atomic mass is 35.5.